The average Bonchev–Trinajstić information content (AvgIpc) is 2.21. The maximum Gasteiger partial charge on any atom is -0.0275 e. The van der Waals surface area contributed by atoms with Crippen LogP contribution in [-0.2, 0) is 0 Å². The minimum absolute atomic E-state index is 1.14. The fourth-order valence-electron chi connectivity index (χ4n) is 1.61. The van der Waals surface area contributed by atoms with Gasteiger partial charge in [-0.2, -0.15) is 0 Å². The predicted octanol–water partition coefficient (Wildman–Crippen LogP) is 5.02. The largest absolute Gasteiger partial charge is 0.133 e. The average molecular weight is 192 g/mol. The van der Waals surface area contributed by atoms with E-state index in [2.05, 4.69) is 32.2 Å². The summed E-state index contributed by atoms with van der Waals surface area (Å²) in [5.41, 5.74) is 4.44. The van der Waals surface area contributed by atoms with Crippen LogP contribution in [0.1, 0.15) is 58.8 Å². The first-order valence-corrected chi connectivity index (χ1v) is 5.83. The van der Waals surface area contributed by atoms with Crippen LogP contribution in [-0.4, -0.2) is 0 Å². The molecule has 80 valence electrons. The van der Waals surface area contributed by atoms with Gasteiger partial charge in [-0.1, -0.05) is 38.0 Å². The number of hydrogen-bond acceptors (Lipinski definition) is 0. The monoisotopic (exact) mass is 192 g/mol. The van der Waals surface area contributed by atoms with Gasteiger partial charge in [-0.05, 0) is 45.1 Å². The summed E-state index contributed by atoms with van der Waals surface area (Å²) in [6.07, 6.45) is 13.3. The van der Waals surface area contributed by atoms with Gasteiger partial charge in [0.05, 0.1) is 0 Å². The molecule has 0 rings (SSSR count). The lowest BCUT2D eigenvalue weighted by molar-refractivity contribution is 0.667. The Morgan fingerprint density at radius 1 is 1.21 bits per heavy atom. The molecule has 0 heterocycles. The standard InChI is InChI=1S/C14H24/c1-4-7-8-9-10-11-13-14(6-3)12-5-2/h6-7H,1,5,8-13H2,2-3H3. The Bertz CT molecular complexity index is 192. The van der Waals surface area contributed by atoms with Crippen LogP contribution >= 0.6 is 0 Å². The van der Waals surface area contributed by atoms with Crippen LogP contribution in [0.4, 0.5) is 0 Å². The van der Waals surface area contributed by atoms with Gasteiger partial charge >= 0.3 is 0 Å². The minimum atomic E-state index is 1.14. The molecular formula is C14H24. The number of unbranched alkanes of at least 4 members (excludes halogenated alkanes) is 3. The molecule has 14 heavy (non-hydrogen) atoms. The van der Waals surface area contributed by atoms with E-state index < -0.39 is 0 Å². The summed E-state index contributed by atoms with van der Waals surface area (Å²) in [7, 11) is 0. The van der Waals surface area contributed by atoms with E-state index in [0.717, 1.165) is 6.42 Å². The fourth-order valence-corrected chi connectivity index (χ4v) is 1.61. The first-order valence-electron chi connectivity index (χ1n) is 5.83. The molecule has 0 spiro atoms. The fraction of sp³-hybridized carbons (Fsp3) is 0.643. The van der Waals surface area contributed by atoms with E-state index in [4.69, 9.17) is 0 Å². The Hall–Kier alpha value is -0.740. The van der Waals surface area contributed by atoms with Crippen LogP contribution < -0.4 is 0 Å². The third-order valence-corrected chi connectivity index (χ3v) is 2.47. The van der Waals surface area contributed by atoms with Gasteiger partial charge in [0.25, 0.3) is 0 Å². The lowest BCUT2D eigenvalue weighted by Gasteiger charge is -2.04. The molecule has 0 aromatic heterocycles. The van der Waals surface area contributed by atoms with E-state index in [1.54, 1.807) is 5.57 Å². The van der Waals surface area contributed by atoms with Crippen LogP contribution in [0.2, 0.25) is 0 Å². The predicted molar refractivity (Wildman–Crippen MR) is 65.5 cm³/mol. The Morgan fingerprint density at radius 3 is 2.57 bits per heavy atom. The van der Waals surface area contributed by atoms with Crippen LogP contribution in [0.25, 0.3) is 0 Å². The highest BCUT2D eigenvalue weighted by Crippen LogP contribution is 2.14. The summed E-state index contributed by atoms with van der Waals surface area (Å²) in [6.45, 7) is 7.96. The summed E-state index contributed by atoms with van der Waals surface area (Å²) in [5.74, 6) is 0. The van der Waals surface area contributed by atoms with Crippen molar-refractivity contribution in [1.29, 1.82) is 0 Å². The lowest BCUT2D eigenvalue weighted by Crippen LogP contribution is -1.84. The van der Waals surface area contributed by atoms with Crippen LogP contribution in [0, 0.1) is 0 Å². The van der Waals surface area contributed by atoms with Crippen molar-refractivity contribution in [3.63, 3.8) is 0 Å². The number of rotatable bonds is 8. The Labute approximate surface area is 89.4 Å². The molecule has 0 N–H and O–H groups in total. The number of hydrogen-bond donors (Lipinski definition) is 0. The second-order valence-electron chi connectivity index (χ2n) is 3.70. The van der Waals surface area contributed by atoms with E-state index in [1.165, 1.54) is 38.5 Å². The molecule has 0 aliphatic heterocycles. The molecule has 0 fully saturated rings. The van der Waals surface area contributed by atoms with E-state index in [1.807, 2.05) is 6.08 Å². The van der Waals surface area contributed by atoms with Crippen molar-refractivity contribution in [3.05, 3.63) is 30.0 Å². The smallest absolute Gasteiger partial charge is 0.0275 e. The summed E-state index contributed by atoms with van der Waals surface area (Å²) >= 11 is 0. The van der Waals surface area contributed by atoms with Crippen molar-refractivity contribution in [3.8, 4) is 0 Å². The molecule has 0 heteroatoms. The highest BCUT2D eigenvalue weighted by molar-refractivity contribution is 4.99. The molecule has 0 aromatic carbocycles. The van der Waals surface area contributed by atoms with E-state index >= 15 is 0 Å². The van der Waals surface area contributed by atoms with Crippen molar-refractivity contribution >= 4 is 0 Å². The summed E-state index contributed by atoms with van der Waals surface area (Å²) in [6, 6.07) is 0. The third-order valence-electron chi connectivity index (χ3n) is 2.47. The third kappa shape index (κ3) is 7.89. The molecule has 0 amide bonds. The summed E-state index contributed by atoms with van der Waals surface area (Å²) < 4.78 is 0. The molecule has 0 aromatic rings. The van der Waals surface area contributed by atoms with Gasteiger partial charge in [0.2, 0.25) is 0 Å². The van der Waals surface area contributed by atoms with Gasteiger partial charge in [-0.15, -0.1) is 5.73 Å². The normalized spacial score (nSPS) is 11.1. The summed E-state index contributed by atoms with van der Waals surface area (Å²) in [5, 5.41) is 0. The molecular weight excluding hydrogens is 168 g/mol. The zero-order valence-electron chi connectivity index (χ0n) is 9.81. The minimum Gasteiger partial charge on any atom is -0.133 e. The molecule has 0 radical (unpaired) electrons. The van der Waals surface area contributed by atoms with Crippen LogP contribution in [0.15, 0.2) is 30.0 Å². The van der Waals surface area contributed by atoms with Crippen molar-refractivity contribution in [1.82, 2.24) is 0 Å². The van der Waals surface area contributed by atoms with Crippen LogP contribution in [0.5, 0.6) is 0 Å². The Kier molecular flexibility index (Phi) is 9.79. The molecule has 0 nitrogen and oxygen atoms in total. The van der Waals surface area contributed by atoms with Gasteiger partial charge in [0.1, 0.15) is 0 Å². The zero-order chi connectivity index (χ0) is 10.6. The molecule has 0 atom stereocenters. The molecule has 0 unspecified atom stereocenters. The van der Waals surface area contributed by atoms with Crippen molar-refractivity contribution < 1.29 is 0 Å². The van der Waals surface area contributed by atoms with Crippen molar-refractivity contribution in [2.75, 3.05) is 0 Å². The van der Waals surface area contributed by atoms with E-state index in [9.17, 15) is 0 Å². The summed E-state index contributed by atoms with van der Waals surface area (Å²) in [4.78, 5) is 0. The second-order valence-corrected chi connectivity index (χ2v) is 3.70. The lowest BCUT2D eigenvalue weighted by atomic mass is 10.0. The Morgan fingerprint density at radius 2 is 2.00 bits per heavy atom. The first-order chi connectivity index (χ1) is 6.85. The van der Waals surface area contributed by atoms with Gasteiger partial charge < -0.3 is 0 Å². The maximum absolute atomic E-state index is 3.55. The number of allylic oxidation sites excluding steroid dienone is 3. The van der Waals surface area contributed by atoms with E-state index in [0.29, 0.717) is 0 Å². The second kappa shape index (κ2) is 10.3. The van der Waals surface area contributed by atoms with Gasteiger partial charge in [-0.25, -0.2) is 0 Å². The van der Waals surface area contributed by atoms with Crippen molar-refractivity contribution in [2.45, 2.75) is 58.8 Å². The van der Waals surface area contributed by atoms with E-state index in [-0.39, 0.29) is 0 Å². The Balaban J connectivity index is 3.38. The van der Waals surface area contributed by atoms with Gasteiger partial charge in [0, 0.05) is 0 Å². The maximum atomic E-state index is 3.55. The SMILES string of the molecule is C=C=CCCCCCC(=CC)CCC. The molecule has 0 aliphatic rings. The molecule has 0 saturated carbocycles. The topological polar surface area (TPSA) is 0 Å². The van der Waals surface area contributed by atoms with Crippen molar-refractivity contribution in [2.24, 2.45) is 0 Å². The quantitative estimate of drug-likeness (QED) is 0.287. The highest BCUT2D eigenvalue weighted by atomic mass is 14.0. The first kappa shape index (κ1) is 13.3. The van der Waals surface area contributed by atoms with Gasteiger partial charge in [-0.3, -0.25) is 0 Å². The molecule has 0 aliphatic carbocycles. The van der Waals surface area contributed by atoms with Gasteiger partial charge in [0.15, 0.2) is 0 Å². The molecule has 0 bridgehead atoms. The van der Waals surface area contributed by atoms with Crippen LogP contribution in [0.3, 0.4) is 0 Å². The highest BCUT2D eigenvalue weighted by Gasteiger charge is 1.94. The molecule has 0 saturated heterocycles. The zero-order valence-corrected chi connectivity index (χ0v) is 9.81.